The summed E-state index contributed by atoms with van der Waals surface area (Å²) in [6, 6.07) is 9.81. The van der Waals surface area contributed by atoms with Gasteiger partial charge in [0.2, 0.25) is 21.8 Å². The summed E-state index contributed by atoms with van der Waals surface area (Å²) in [5.41, 5.74) is 0.891. The molecule has 0 aliphatic rings. The van der Waals surface area contributed by atoms with Crippen LogP contribution in [0.4, 0.5) is 5.69 Å². The molecule has 1 N–H and O–H groups in total. The van der Waals surface area contributed by atoms with Gasteiger partial charge in [0.25, 0.3) is 0 Å². The van der Waals surface area contributed by atoms with Crippen molar-refractivity contribution in [1.82, 2.24) is 10.2 Å². The molecule has 0 heterocycles. The average Bonchev–Trinajstić information content (AvgIpc) is 2.81. The van der Waals surface area contributed by atoms with Crippen LogP contribution in [0.1, 0.15) is 50.0 Å². The van der Waals surface area contributed by atoms with Crippen molar-refractivity contribution in [3.05, 3.63) is 63.6 Å². The fourth-order valence-corrected chi connectivity index (χ4v) is 4.75. The van der Waals surface area contributed by atoms with Gasteiger partial charge in [-0.25, -0.2) is 8.42 Å². The predicted molar refractivity (Wildman–Crippen MR) is 143 cm³/mol. The van der Waals surface area contributed by atoms with Crippen molar-refractivity contribution in [3.63, 3.8) is 0 Å². The second kappa shape index (κ2) is 12.6. The van der Waals surface area contributed by atoms with E-state index in [1.54, 1.807) is 31.2 Å². The number of hydrogen-bond acceptors (Lipinski definition) is 5. The molecule has 2 aromatic carbocycles. The van der Waals surface area contributed by atoms with Crippen molar-refractivity contribution in [2.24, 2.45) is 0 Å². The zero-order valence-electron chi connectivity index (χ0n) is 20.9. The number of carbonyl (C=O) groups excluding carboxylic acids is 3. The standard InChI is InChI=1S/C25H31Cl2N3O5S/c1-6-16(2)28-25(33)17(3)29(14-21-22(26)11-8-12-23(21)27)24(32)15-30(36(5,34)35)20-10-7-9-19(13-20)18(4)31/h7-13,16-17H,6,14-15H2,1-5H3,(H,28,33)/t16-,17-/m0/s1. The van der Waals surface area contributed by atoms with Crippen molar-refractivity contribution < 1.29 is 22.8 Å². The number of benzene rings is 2. The molecule has 0 unspecified atom stereocenters. The minimum atomic E-state index is -3.93. The molecule has 196 valence electrons. The molecule has 2 rings (SSSR count). The number of nitrogens with zero attached hydrogens (tertiary/aromatic N) is 2. The maximum atomic E-state index is 13.6. The Hall–Kier alpha value is -2.62. The van der Waals surface area contributed by atoms with E-state index in [9.17, 15) is 22.8 Å². The van der Waals surface area contributed by atoms with Crippen LogP contribution in [0.25, 0.3) is 0 Å². The Morgan fingerprint density at radius 1 is 1.03 bits per heavy atom. The number of Topliss-reactive ketones (excluding diaryl/α,β-unsaturated/α-hetero) is 1. The fourth-order valence-electron chi connectivity index (χ4n) is 3.40. The SMILES string of the molecule is CC[C@H](C)NC(=O)[C@H](C)N(Cc1c(Cl)cccc1Cl)C(=O)CN(c1cccc(C(C)=O)c1)S(C)(=O)=O. The van der Waals surface area contributed by atoms with Crippen LogP contribution in [0, 0.1) is 0 Å². The third-order valence-electron chi connectivity index (χ3n) is 5.78. The van der Waals surface area contributed by atoms with Crippen molar-refractivity contribution in [2.45, 2.75) is 52.7 Å². The number of carbonyl (C=O) groups is 3. The van der Waals surface area contributed by atoms with Crippen LogP contribution in [-0.4, -0.2) is 55.8 Å². The number of rotatable bonds is 11. The Kier molecular flexibility index (Phi) is 10.3. The Morgan fingerprint density at radius 3 is 2.14 bits per heavy atom. The zero-order chi connectivity index (χ0) is 27.2. The van der Waals surface area contributed by atoms with Crippen LogP contribution >= 0.6 is 23.2 Å². The maximum Gasteiger partial charge on any atom is 0.244 e. The largest absolute Gasteiger partial charge is 0.352 e. The number of hydrogen-bond donors (Lipinski definition) is 1. The Morgan fingerprint density at radius 2 is 1.61 bits per heavy atom. The van der Waals surface area contributed by atoms with E-state index in [0.717, 1.165) is 10.6 Å². The molecule has 0 aromatic heterocycles. The molecule has 0 fully saturated rings. The summed E-state index contributed by atoms with van der Waals surface area (Å²) in [5, 5.41) is 3.47. The summed E-state index contributed by atoms with van der Waals surface area (Å²) in [4.78, 5) is 39.6. The number of amides is 2. The maximum absolute atomic E-state index is 13.6. The Balaban J connectivity index is 2.48. The molecule has 8 nitrogen and oxygen atoms in total. The highest BCUT2D eigenvalue weighted by molar-refractivity contribution is 7.92. The molecule has 2 aromatic rings. The van der Waals surface area contributed by atoms with Gasteiger partial charge in [-0.3, -0.25) is 18.7 Å². The molecule has 0 saturated heterocycles. The highest BCUT2D eigenvalue weighted by Gasteiger charge is 2.31. The monoisotopic (exact) mass is 555 g/mol. The van der Waals surface area contributed by atoms with E-state index >= 15 is 0 Å². The molecule has 0 aliphatic carbocycles. The first-order valence-electron chi connectivity index (χ1n) is 11.4. The molecule has 11 heteroatoms. The van der Waals surface area contributed by atoms with Gasteiger partial charge in [0, 0.05) is 33.8 Å². The second-order valence-corrected chi connectivity index (χ2v) is 11.3. The number of ketones is 1. The van der Waals surface area contributed by atoms with Gasteiger partial charge in [0.05, 0.1) is 11.9 Å². The lowest BCUT2D eigenvalue weighted by atomic mass is 10.1. The van der Waals surface area contributed by atoms with Gasteiger partial charge >= 0.3 is 0 Å². The van der Waals surface area contributed by atoms with Gasteiger partial charge in [0.1, 0.15) is 12.6 Å². The van der Waals surface area contributed by atoms with Crippen LogP contribution in [0.3, 0.4) is 0 Å². The summed E-state index contributed by atoms with van der Waals surface area (Å²) in [7, 11) is -3.93. The highest BCUT2D eigenvalue weighted by atomic mass is 35.5. The van der Waals surface area contributed by atoms with Gasteiger partial charge in [-0.05, 0) is 51.5 Å². The first-order chi connectivity index (χ1) is 16.8. The first-order valence-corrected chi connectivity index (χ1v) is 14.0. The van der Waals surface area contributed by atoms with Gasteiger partial charge in [0.15, 0.2) is 5.78 Å². The lowest BCUT2D eigenvalue weighted by molar-refractivity contribution is -0.139. The molecule has 0 bridgehead atoms. The van der Waals surface area contributed by atoms with E-state index in [1.807, 2.05) is 13.8 Å². The van der Waals surface area contributed by atoms with Crippen molar-refractivity contribution >= 4 is 56.5 Å². The quantitative estimate of drug-likeness (QED) is 0.416. The average molecular weight is 557 g/mol. The minimum absolute atomic E-state index is 0.114. The van der Waals surface area contributed by atoms with Crippen molar-refractivity contribution in [1.29, 1.82) is 0 Å². The number of nitrogens with one attached hydrogen (secondary N) is 1. The van der Waals surface area contributed by atoms with Gasteiger partial charge in [-0.2, -0.15) is 0 Å². The van der Waals surface area contributed by atoms with Crippen LogP contribution in [0.15, 0.2) is 42.5 Å². The molecule has 0 radical (unpaired) electrons. The van der Waals surface area contributed by atoms with Crippen LogP contribution in [-0.2, 0) is 26.2 Å². The van der Waals surface area contributed by atoms with Gasteiger partial charge in [-0.15, -0.1) is 0 Å². The number of halogens is 2. The summed E-state index contributed by atoms with van der Waals surface area (Å²) in [6.45, 7) is 5.97. The van der Waals surface area contributed by atoms with Crippen molar-refractivity contribution in [2.75, 3.05) is 17.1 Å². The predicted octanol–water partition coefficient (Wildman–Crippen LogP) is 4.29. The number of sulfonamides is 1. The topological polar surface area (TPSA) is 104 Å². The second-order valence-electron chi connectivity index (χ2n) is 8.59. The first kappa shape index (κ1) is 29.6. The van der Waals surface area contributed by atoms with E-state index in [4.69, 9.17) is 23.2 Å². The molecule has 0 spiro atoms. The van der Waals surface area contributed by atoms with Crippen LogP contribution in [0.2, 0.25) is 10.0 Å². The fraction of sp³-hybridized carbons (Fsp3) is 0.400. The summed E-state index contributed by atoms with van der Waals surface area (Å²) in [6.07, 6.45) is 1.66. The normalized spacial score (nSPS) is 13.0. The lowest BCUT2D eigenvalue weighted by Gasteiger charge is -2.32. The zero-order valence-corrected chi connectivity index (χ0v) is 23.2. The molecular formula is C25H31Cl2N3O5S. The molecule has 2 atom stereocenters. The molecular weight excluding hydrogens is 525 g/mol. The van der Waals surface area contributed by atoms with E-state index in [0.29, 0.717) is 27.6 Å². The smallest absolute Gasteiger partial charge is 0.244 e. The third kappa shape index (κ3) is 7.69. The van der Waals surface area contributed by atoms with E-state index in [1.165, 1.54) is 30.0 Å². The lowest BCUT2D eigenvalue weighted by Crippen LogP contribution is -2.52. The van der Waals surface area contributed by atoms with Gasteiger partial charge < -0.3 is 10.2 Å². The summed E-state index contributed by atoms with van der Waals surface area (Å²) >= 11 is 12.7. The molecule has 36 heavy (non-hydrogen) atoms. The Labute approximate surface area is 222 Å². The summed E-state index contributed by atoms with van der Waals surface area (Å²) < 4.78 is 26.3. The van der Waals surface area contributed by atoms with Gasteiger partial charge in [-0.1, -0.05) is 48.3 Å². The molecule has 0 aliphatic heterocycles. The highest BCUT2D eigenvalue weighted by Crippen LogP contribution is 2.27. The van der Waals surface area contributed by atoms with E-state index < -0.39 is 34.4 Å². The van der Waals surface area contributed by atoms with E-state index in [2.05, 4.69) is 5.32 Å². The molecule has 0 saturated carbocycles. The number of anilines is 1. The van der Waals surface area contributed by atoms with Crippen LogP contribution < -0.4 is 9.62 Å². The third-order valence-corrected chi connectivity index (χ3v) is 7.63. The summed E-state index contributed by atoms with van der Waals surface area (Å²) in [5.74, 6) is -1.29. The van der Waals surface area contributed by atoms with E-state index in [-0.39, 0.29) is 24.1 Å². The van der Waals surface area contributed by atoms with Crippen LogP contribution in [0.5, 0.6) is 0 Å². The Bertz CT molecular complexity index is 1220. The minimum Gasteiger partial charge on any atom is -0.352 e. The molecule has 2 amide bonds. The van der Waals surface area contributed by atoms with Crippen molar-refractivity contribution in [3.8, 4) is 0 Å².